The summed E-state index contributed by atoms with van der Waals surface area (Å²) >= 11 is 0. The molecule has 0 radical (unpaired) electrons. The van der Waals surface area contributed by atoms with Crippen LogP contribution in [0, 0.1) is 0 Å². The van der Waals surface area contributed by atoms with E-state index in [2.05, 4.69) is 133 Å². The number of furan rings is 1. The van der Waals surface area contributed by atoms with E-state index in [9.17, 15) is 0 Å². The van der Waals surface area contributed by atoms with Crippen LogP contribution in [0.25, 0.3) is 88.5 Å². The van der Waals surface area contributed by atoms with E-state index in [1.807, 2.05) is 30.3 Å². The Bertz CT molecular complexity index is 2860. The molecule has 0 bridgehead atoms. The Morgan fingerprint density at radius 3 is 1.94 bits per heavy atom. The molecule has 7 aromatic carbocycles. The van der Waals surface area contributed by atoms with Crippen molar-refractivity contribution in [1.82, 2.24) is 15.0 Å². The number of rotatable bonds is 5. The van der Waals surface area contributed by atoms with Gasteiger partial charge in [0.1, 0.15) is 11.2 Å². The van der Waals surface area contributed by atoms with Gasteiger partial charge in [-0.2, -0.15) is 0 Å². The second-order valence-corrected chi connectivity index (χ2v) is 13.1. The highest BCUT2D eigenvalue weighted by molar-refractivity contribution is 6.16. The van der Waals surface area contributed by atoms with Crippen molar-refractivity contribution < 1.29 is 4.42 Å². The van der Waals surface area contributed by atoms with Crippen molar-refractivity contribution in [3.63, 3.8) is 0 Å². The van der Waals surface area contributed by atoms with Gasteiger partial charge in [-0.1, -0.05) is 152 Å². The topological polar surface area (TPSA) is 51.8 Å². The monoisotopic (exact) mass is 653 g/mol. The summed E-state index contributed by atoms with van der Waals surface area (Å²) < 4.78 is 6.70. The molecular weight excluding hydrogens is 623 g/mol. The first-order valence-corrected chi connectivity index (χ1v) is 17.4. The van der Waals surface area contributed by atoms with Crippen LogP contribution in [-0.2, 0) is 0 Å². The minimum atomic E-state index is 0.632. The molecule has 4 heteroatoms. The molecule has 0 saturated carbocycles. The molecule has 1 aliphatic carbocycles. The van der Waals surface area contributed by atoms with Gasteiger partial charge in [0, 0.05) is 27.5 Å². The first kappa shape index (κ1) is 29.3. The predicted octanol–water partition coefficient (Wildman–Crippen LogP) is 12.3. The maximum Gasteiger partial charge on any atom is 0.164 e. The molecule has 9 aromatic rings. The van der Waals surface area contributed by atoms with Crippen LogP contribution in [-0.4, -0.2) is 15.0 Å². The van der Waals surface area contributed by atoms with E-state index in [1.165, 1.54) is 32.7 Å². The summed E-state index contributed by atoms with van der Waals surface area (Å²) in [6.45, 7) is 0. The number of hydrogen-bond acceptors (Lipinski definition) is 4. The highest BCUT2D eigenvalue weighted by Gasteiger charge is 2.21. The summed E-state index contributed by atoms with van der Waals surface area (Å²) in [6, 6.07) is 52.9. The van der Waals surface area contributed by atoms with E-state index in [4.69, 9.17) is 19.4 Å². The Kier molecular flexibility index (Phi) is 6.91. The molecule has 0 fully saturated rings. The van der Waals surface area contributed by atoms with Crippen LogP contribution in [0.4, 0.5) is 0 Å². The fourth-order valence-corrected chi connectivity index (χ4v) is 7.52. The van der Waals surface area contributed by atoms with Gasteiger partial charge in [-0.05, 0) is 68.8 Å². The zero-order valence-electron chi connectivity index (χ0n) is 27.8. The molecule has 2 aromatic heterocycles. The molecule has 4 nitrogen and oxygen atoms in total. The summed E-state index contributed by atoms with van der Waals surface area (Å²) in [4.78, 5) is 15.4. The molecule has 0 spiro atoms. The number of nitrogens with zero attached hydrogens (tertiary/aromatic N) is 3. The van der Waals surface area contributed by atoms with Gasteiger partial charge in [0.2, 0.25) is 0 Å². The average Bonchev–Trinajstić information content (AvgIpc) is 3.60. The molecule has 10 rings (SSSR count). The third-order valence-electron chi connectivity index (χ3n) is 10.1. The Morgan fingerprint density at radius 2 is 1.06 bits per heavy atom. The fourth-order valence-electron chi connectivity index (χ4n) is 7.52. The Hall–Kier alpha value is -6.65. The van der Waals surface area contributed by atoms with Crippen LogP contribution < -0.4 is 0 Å². The van der Waals surface area contributed by atoms with E-state index in [0.717, 1.165) is 62.6 Å². The van der Waals surface area contributed by atoms with Crippen molar-refractivity contribution in [3.8, 4) is 33.9 Å². The van der Waals surface area contributed by atoms with Gasteiger partial charge in [0.15, 0.2) is 17.5 Å². The molecule has 240 valence electrons. The quantitative estimate of drug-likeness (QED) is 0.185. The minimum absolute atomic E-state index is 0.632. The standard InChI is InChI=1S/C47H31N3O/c1-2-13-33(14-3-1)45-48-46(34-26-23-31(24-27-34)36-28-25-30-11-4-5-15-35(30)29-36)50-47(49-45)41-21-10-22-42-43(41)40-20-9-19-39(44(40)51-42)38-18-8-16-32-12-6-7-17-37(32)38/h1-23,25-26,28-29H,24,27H2. The highest BCUT2D eigenvalue weighted by Crippen LogP contribution is 2.42. The van der Waals surface area contributed by atoms with Crippen molar-refractivity contribution in [2.45, 2.75) is 12.8 Å². The van der Waals surface area contributed by atoms with Crippen molar-refractivity contribution >= 4 is 54.6 Å². The Morgan fingerprint density at radius 1 is 0.412 bits per heavy atom. The maximum atomic E-state index is 6.70. The van der Waals surface area contributed by atoms with Crippen LogP contribution in [0.5, 0.6) is 0 Å². The molecule has 1 aliphatic rings. The largest absolute Gasteiger partial charge is 0.455 e. The normalized spacial score (nSPS) is 13.2. The maximum absolute atomic E-state index is 6.70. The summed E-state index contributed by atoms with van der Waals surface area (Å²) in [5.41, 5.74) is 9.42. The zero-order valence-corrected chi connectivity index (χ0v) is 27.8. The van der Waals surface area contributed by atoms with E-state index < -0.39 is 0 Å². The van der Waals surface area contributed by atoms with Crippen molar-refractivity contribution in [1.29, 1.82) is 0 Å². The second-order valence-electron chi connectivity index (χ2n) is 13.1. The minimum Gasteiger partial charge on any atom is -0.455 e. The van der Waals surface area contributed by atoms with Crippen molar-refractivity contribution in [2.24, 2.45) is 0 Å². The van der Waals surface area contributed by atoms with Gasteiger partial charge >= 0.3 is 0 Å². The third kappa shape index (κ3) is 5.12. The first-order valence-electron chi connectivity index (χ1n) is 17.4. The summed E-state index contributed by atoms with van der Waals surface area (Å²) in [5.74, 6) is 1.99. The molecule has 0 atom stereocenters. The molecule has 0 unspecified atom stereocenters. The lowest BCUT2D eigenvalue weighted by atomic mass is 9.91. The van der Waals surface area contributed by atoms with Gasteiger partial charge in [-0.15, -0.1) is 0 Å². The lowest BCUT2D eigenvalue weighted by Gasteiger charge is -2.16. The SMILES string of the molecule is C1=C(c2ccc3ccccc3c2)CCC(c2nc(-c3ccccc3)nc(-c3cccc4oc5c(-c6cccc7ccccc67)cccc5c34)n2)=C1. The number of allylic oxidation sites excluding steroid dienone is 4. The fraction of sp³-hybridized carbons (Fsp3) is 0.0426. The van der Waals surface area contributed by atoms with Crippen LogP contribution in [0.1, 0.15) is 24.2 Å². The lowest BCUT2D eigenvalue weighted by Crippen LogP contribution is -2.04. The van der Waals surface area contributed by atoms with Crippen LogP contribution in [0.3, 0.4) is 0 Å². The zero-order chi connectivity index (χ0) is 33.7. The van der Waals surface area contributed by atoms with Gasteiger partial charge < -0.3 is 4.42 Å². The Labute approximate surface area is 295 Å². The number of para-hydroxylation sites is 1. The number of hydrogen-bond donors (Lipinski definition) is 0. The molecular formula is C47H31N3O. The van der Waals surface area contributed by atoms with Gasteiger partial charge in [-0.3, -0.25) is 0 Å². The van der Waals surface area contributed by atoms with E-state index in [-0.39, 0.29) is 0 Å². The smallest absolute Gasteiger partial charge is 0.164 e. The summed E-state index contributed by atoms with van der Waals surface area (Å²) in [5, 5.41) is 6.94. The molecule has 0 aliphatic heterocycles. The van der Waals surface area contributed by atoms with E-state index in [0.29, 0.717) is 17.5 Å². The Balaban J connectivity index is 1.12. The highest BCUT2D eigenvalue weighted by atomic mass is 16.3. The second kappa shape index (κ2) is 12.0. The number of benzene rings is 7. The lowest BCUT2D eigenvalue weighted by molar-refractivity contribution is 0.670. The molecule has 2 heterocycles. The van der Waals surface area contributed by atoms with E-state index >= 15 is 0 Å². The third-order valence-corrected chi connectivity index (χ3v) is 10.1. The van der Waals surface area contributed by atoms with Gasteiger partial charge in [0.05, 0.1) is 0 Å². The summed E-state index contributed by atoms with van der Waals surface area (Å²) in [6.07, 6.45) is 6.16. The van der Waals surface area contributed by atoms with Crippen molar-refractivity contribution in [2.75, 3.05) is 0 Å². The molecule has 0 saturated heterocycles. The molecule has 0 N–H and O–H groups in total. The van der Waals surface area contributed by atoms with Gasteiger partial charge in [0.25, 0.3) is 0 Å². The number of aromatic nitrogens is 3. The van der Waals surface area contributed by atoms with Crippen molar-refractivity contribution in [3.05, 3.63) is 175 Å². The molecule has 51 heavy (non-hydrogen) atoms. The first-order chi connectivity index (χ1) is 25.3. The van der Waals surface area contributed by atoms with Crippen LogP contribution in [0.2, 0.25) is 0 Å². The predicted molar refractivity (Wildman–Crippen MR) is 210 cm³/mol. The number of fused-ring (bicyclic) bond motifs is 5. The average molecular weight is 654 g/mol. The van der Waals surface area contributed by atoms with Crippen LogP contribution >= 0.6 is 0 Å². The van der Waals surface area contributed by atoms with Crippen LogP contribution in [0.15, 0.2) is 168 Å². The summed E-state index contributed by atoms with van der Waals surface area (Å²) in [7, 11) is 0. The van der Waals surface area contributed by atoms with E-state index in [1.54, 1.807) is 0 Å². The molecule has 0 amide bonds. The van der Waals surface area contributed by atoms with Gasteiger partial charge in [-0.25, -0.2) is 15.0 Å².